The van der Waals surface area contributed by atoms with Crippen molar-refractivity contribution in [3.05, 3.63) is 5.01 Å². The predicted octanol–water partition coefficient (Wildman–Crippen LogP) is 1.82. The van der Waals surface area contributed by atoms with Crippen LogP contribution in [0.2, 0.25) is 0 Å². The van der Waals surface area contributed by atoms with Gasteiger partial charge in [0.05, 0.1) is 5.92 Å². The Morgan fingerprint density at radius 2 is 1.90 bits per heavy atom. The highest BCUT2D eigenvalue weighted by Crippen LogP contribution is 2.43. The summed E-state index contributed by atoms with van der Waals surface area (Å²) in [5.74, 6) is 3.35. The number of hydrogen-bond donors (Lipinski definition) is 0. The molecule has 1 aromatic heterocycles. The standard InChI is InChI=1S/C14H20N4OS2/c19-13(17-5-7-20-8-6-17)11-3-4-18(9-11)14-16-15-12(21-14)10-1-2-10/h10-11H,1-9H2. The van der Waals surface area contributed by atoms with Crippen LogP contribution in [0.1, 0.15) is 30.2 Å². The van der Waals surface area contributed by atoms with Crippen molar-refractivity contribution < 1.29 is 4.79 Å². The lowest BCUT2D eigenvalue weighted by atomic mass is 10.1. The summed E-state index contributed by atoms with van der Waals surface area (Å²) in [6, 6.07) is 0. The molecule has 0 spiro atoms. The van der Waals surface area contributed by atoms with Crippen molar-refractivity contribution in [1.82, 2.24) is 15.1 Å². The largest absolute Gasteiger partial charge is 0.346 e. The molecule has 1 atom stereocenters. The summed E-state index contributed by atoms with van der Waals surface area (Å²) in [5.41, 5.74) is 0. The van der Waals surface area contributed by atoms with Gasteiger partial charge in [-0.2, -0.15) is 11.8 Å². The Morgan fingerprint density at radius 1 is 1.10 bits per heavy atom. The fraction of sp³-hybridized carbons (Fsp3) is 0.786. The maximum atomic E-state index is 12.6. The number of aromatic nitrogens is 2. The molecule has 5 nitrogen and oxygen atoms in total. The number of hydrogen-bond acceptors (Lipinski definition) is 6. The van der Waals surface area contributed by atoms with Gasteiger partial charge in [-0.1, -0.05) is 11.3 Å². The van der Waals surface area contributed by atoms with Gasteiger partial charge in [-0.25, -0.2) is 0 Å². The molecule has 0 N–H and O–H groups in total. The molecule has 3 fully saturated rings. The quantitative estimate of drug-likeness (QED) is 0.849. The molecule has 1 aromatic rings. The molecular weight excluding hydrogens is 304 g/mol. The number of thioether (sulfide) groups is 1. The van der Waals surface area contributed by atoms with Crippen LogP contribution in [-0.4, -0.2) is 58.7 Å². The molecule has 0 aromatic carbocycles. The van der Waals surface area contributed by atoms with Gasteiger partial charge in [0.1, 0.15) is 5.01 Å². The molecule has 7 heteroatoms. The van der Waals surface area contributed by atoms with E-state index < -0.39 is 0 Å². The number of anilines is 1. The van der Waals surface area contributed by atoms with Crippen LogP contribution in [0.5, 0.6) is 0 Å². The maximum Gasteiger partial charge on any atom is 0.227 e. The van der Waals surface area contributed by atoms with E-state index in [1.807, 2.05) is 11.8 Å². The normalized spacial score (nSPS) is 26.4. The molecule has 0 bridgehead atoms. The highest BCUT2D eigenvalue weighted by atomic mass is 32.2. The fourth-order valence-corrected chi connectivity index (χ4v) is 4.98. The average molecular weight is 324 g/mol. The number of carbonyl (C=O) groups is 1. The lowest BCUT2D eigenvalue weighted by Gasteiger charge is -2.28. The van der Waals surface area contributed by atoms with Crippen molar-refractivity contribution in [2.24, 2.45) is 5.92 Å². The average Bonchev–Trinajstić information content (AvgIpc) is 3.07. The number of carbonyl (C=O) groups excluding carboxylic acids is 1. The first-order valence-electron chi connectivity index (χ1n) is 7.76. The summed E-state index contributed by atoms with van der Waals surface area (Å²) < 4.78 is 0. The Bertz CT molecular complexity index is 525. The molecule has 2 aliphatic heterocycles. The zero-order valence-corrected chi connectivity index (χ0v) is 13.7. The highest BCUT2D eigenvalue weighted by Gasteiger charge is 2.34. The van der Waals surface area contributed by atoms with Crippen LogP contribution in [0.25, 0.3) is 0 Å². The number of rotatable bonds is 3. The highest BCUT2D eigenvalue weighted by molar-refractivity contribution is 7.99. The molecule has 1 aliphatic carbocycles. The van der Waals surface area contributed by atoms with Crippen molar-refractivity contribution in [2.45, 2.75) is 25.2 Å². The second-order valence-corrected chi connectivity index (χ2v) is 8.28. The molecule has 2 saturated heterocycles. The van der Waals surface area contributed by atoms with Crippen LogP contribution in [0.3, 0.4) is 0 Å². The van der Waals surface area contributed by atoms with Crippen LogP contribution >= 0.6 is 23.1 Å². The molecule has 3 heterocycles. The first kappa shape index (κ1) is 13.8. The van der Waals surface area contributed by atoms with E-state index in [-0.39, 0.29) is 5.92 Å². The van der Waals surface area contributed by atoms with E-state index in [2.05, 4.69) is 20.0 Å². The third-order valence-corrected chi connectivity index (χ3v) is 6.58. The van der Waals surface area contributed by atoms with E-state index in [4.69, 9.17) is 0 Å². The van der Waals surface area contributed by atoms with Gasteiger partial charge in [-0.15, -0.1) is 10.2 Å². The van der Waals surface area contributed by atoms with Gasteiger partial charge >= 0.3 is 0 Å². The Kier molecular flexibility index (Phi) is 3.79. The molecule has 21 heavy (non-hydrogen) atoms. The van der Waals surface area contributed by atoms with Gasteiger partial charge in [0, 0.05) is 43.6 Å². The SMILES string of the molecule is O=C(C1CCN(c2nnc(C3CC3)s2)C1)N1CCSCC1. The van der Waals surface area contributed by atoms with E-state index >= 15 is 0 Å². The Morgan fingerprint density at radius 3 is 2.67 bits per heavy atom. The Balaban J connectivity index is 1.38. The van der Waals surface area contributed by atoms with E-state index in [0.29, 0.717) is 11.8 Å². The zero-order valence-electron chi connectivity index (χ0n) is 12.0. The summed E-state index contributed by atoms with van der Waals surface area (Å²) in [5, 5.41) is 10.8. The lowest BCUT2D eigenvalue weighted by molar-refractivity contribution is -0.134. The Labute approximate surface area is 133 Å². The van der Waals surface area contributed by atoms with E-state index in [1.165, 1.54) is 17.8 Å². The molecule has 0 radical (unpaired) electrons. The van der Waals surface area contributed by atoms with Crippen molar-refractivity contribution >= 4 is 34.1 Å². The summed E-state index contributed by atoms with van der Waals surface area (Å²) in [4.78, 5) is 16.9. The molecule has 1 unspecified atom stereocenters. The van der Waals surface area contributed by atoms with Crippen LogP contribution in [0.15, 0.2) is 0 Å². The second kappa shape index (κ2) is 5.76. The van der Waals surface area contributed by atoms with E-state index in [1.54, 1.807) is 11.3 Å². The minimum absolute atomic E-state index is 0.154. The van der Waals surface area contributed by atoms with Gasteiger partial charge in [-0.05, 0) is 19.3 Å². The van der Waals surface area contributed by atoms with Gasteiger partial charge in [-0.3, -0.25) is 4.79 Å². The Hall–Kier alpha value is -0.820. The van der Waals surface area contributed by atoms with Crippen molar-refractivity contribution in [2.75, 3.05) is 42.6 Å². The van der Waals surface area contributed by atoms with Crippen LogP contribution in [0, 0.1) is 5.92 Å². The fourth-order valence-electron chi connectivity index (χ4n) is 3.03. The van der Waals surface area contributed by atoms with Crippen molar-refractivity contribution in [1.29, 1.82) is 0 Å². The molecule has 114 valence electrons. The third kappa shape index (κ3) is 2.90. The van der Waals surface area contributed by atoms with Crippen LogP contribution in [-0.2, 0) is 4.79 Å². The zero-order chi connectivity index (χ0) is 14.2. The van der Waals surface area contributed by atoms with Gasteiger partial charge in [0.15, 0.2) is 0 Å². The molecule has 3 aliphatic rings. The monoisotopic (exact) mass is 324 g/mol. The van der Waals surface area contributed by atoms with Gasteiger partial charge < -0.3 is 9.80 Å². The topological polar surface area (TPSA) is 49.3 Å². The number of nitrogens with zero attached hydrogens (tertiary/aromatic N) is 4. The van der Waals surface area contributed by atoms with Crippen LogP contribution < -0.4 is 4.90 Å². The molecule has 1 saturated carbocycles. The van der Waals surface area contributed by atoms with E-state index in [9.17, 15) is 4.79 Å². The summed E-state index contributed by atoms with van der Waals surface area (Å²) in [6.45, 7) is 3.61. The third-order valence-electron chi connectivity index (χ3n) is 4.49. The molecule has 4 rings (SSSR count). The smallest absolute Gasteiger partial charge is 0.227 e. The number of amides is 1. The predicted molar refractivity (Wildman–Crippen MR) is 86.1 cm³/mol. The molecular formula is C14H20N4OS2. The summed E-state index contributed by atoms with van der Waals surface area (Å²) in [7, 11) is 0. The van der Waals surface area contributed by atoms with Gasteiger partial charge in [0.25, 0.3) is 0 Å². The summed E-state index contributed by atoms with van der Waals surface area (Å²) in [6.07, 6.45) is 3.49. The maximum absolute atomic E-state index is 12.6. The second-order valence-electron chi connectivity index (χ2n) is 6.07. The lowest BCUT2D eigenvalue weighted by Crippen LogP contribution is -2.42. The minimum atomic E-state index is 0.154. The first-order chi connectivity index (χ1) is 10.3. The van der Waals surface area contributed by atoms with E-state index in [0.717, 1.165) is 49.2 Å². The minimum Gasteiger partial charge on any atom is -0.346 e. The van der Waals surface area contributed by atoms with Crippen LogP contribution in [0.4, 0.5) is 5.13 Å². The van der Waals surface area contributed by atoms with Crippen molar-refractivity contribution in [3.63, 3.8) is 0 Å². The first-order valence-corrected chi connectivity index (χ1v) is 9.73. The van der Waals surface area contributed by atoms with Gasteiger partial charge in [0.2, 0.25) is 11.0 Å². The van der Waals surface area contributed by atoms with Crippen molar-refractivity contribution in [3.8, 4) is 0 Å². The summed E-state index contributed by atoms with van der Waals surface area (Å²) >= 11 is 3.67. The molecule has 1 amide bonds.